The van der Waals surface area contributed by atoms with Crippen molar-refractivity contribution in [3.05, 3.63) is 35.9 Å². The Kier molecular flexibility index (Phi) is 6.63. The summed E-state index contributed by atoms with van der Waals surface area (Å²) >= 11 is 0. The predicted octanol–water partition coefficient (Wildman–Crippen LogP) is 0.604. The number of aliphatic hydroxyl groups is 1. The van der Waals surface area contributed by atoms with Crippen LogP contribution in [-0.4, -0.2) is 84.0 Å². The van der Waals surface area contributed by atoms with Crippen molar-refractivity contribution in [3.8, 4) is 0 Å². The van der Waals surface area contributed by atoms with Crippen LogP contribution in [0.5, 0.6) is 0 Å². The van der Waals surface area contributed by atoms with E-state index in [1.807, 2.05) is 6.07 Å². The van der Waals surface area contributed by atoms with E-state index in [2.05, 4.69) is 29.2 Å². The van der Waals surface area contributed by atoms with Crippen LogP contribution in [0.1, 0.15) is 18.4 Å². The first-order chi connectivity index (χ1) is 12.7. The number of carbonyl (C=O) groups excluding carboxylic acids is 2. The van der Waals surface area contributed by atoms with Crippen LogP contribution in [0, 0.1) is 5.92 Å². The molecule has 2 saturated heterocycles. The van der Waals surface area contributed by atoms with Crippen molar-refractivity contribution >= 4 is 11.8 Å². The van der Waals surface area contributed by atoms with Crippen molar-refractivity contribution in [3.63, 3.8) is 0 Å². The Balaban J connectivity index is 1.44. The number of benzene rings is 1. The van der Waals surface area contributed by atoms with Crippen LogP contribution in [0.25, 0.3) is 0 Å². The van der Waals surface area contributed by atoms with Crippen molar-refractivity contribution in [2.45, 2.75) is 19.3 Å². The average molecular weight is 359 g/mol. The maximum Gasteiger partial charge on any atom is 0.312 e. The van der Waals surface area contributed by atoms with Gasteiger partial charge in [-0.15, -0.1) is 0 Å². The van der Waals surface area contributed by atoms with Gasteiger partial charge in [-0.1, -0.05) is 30.3 Å². The molecule has 1 aromatic carbocycles. The number of β-amino-alcohol motifs (C(OH)–C–C–N with tert-alkyl or cyclic N) is 1. The van der Waals surface area contributed by atoms with Crippen molar-refractivity contribution in [2.75, 3.05) is 52.4 Å². The monoisotopic (exact) mass is 359 g/mol. The van der Waals surface area contributed by atoms with Crippen LogP contribution in [0.3, 0.4) is 0 Å². The number of aliphatic hydroxyl groups excluding tert-OH is 1. The first-order valence-electron chi connectivity index (χ1n) is 9.62. The molecule has 0 unspecified atom stereocenters. The standard InChI is InChI=1S/C20H29N3O3/c24-15-14-21-10-12-23(13-11-21)20(26)19(25)22-8-6-18(7-9-22)16-17-4-2-1-3-5-17/h1-5,18,24H,6-16H2. The third-order valence-electron chi connectivity index (χ3n) is 5.53. The Morgan fingerprint density at radius 1 is 0.885 bits per heavy atom. The maximum atomic E-state index is 12.6. The fourth-order valence-corrected chi connectivity index (χ4v) is 3.87. The highest BCUT2D eigenvalue weighted by atomic mass is 16.3. The third-order valence-corrected chi connectivity index (χ3v) is 5.53. The zero-order valence-corrected chi connectivity index (χ0v) is 15.3. The summed E-state index contributed by atoms with van der Waals surface area (Å²) in [7, 11) is 0. The Labute approximate surface area is 155 Å². The Morgan fingerprint density at radius 2 is 1.46 bits per heavy atom. The summed E-state index contributed by atoms with van der Waals surface area (Å²) in [6, 6.07) is 10.5. The highest BCUT2D eigenvalue weighted by Crippen LogP contribution is 2.22. The largest absolute Gasteiger partial charge is 0.395 e. The van der Waals surface area contributed by atoms with Crippen molar-refractivity contribution in [2.24, 2.45) is 5.92 Å². The number of piperazine rings is 1. The number of nitrogens with zero attached hydrogens (tertiary/aromatic N) is 3. The molecule has 2 fully saturated rings. The van der Waals surface area contributed by atoms with Gasteiger partial charge in [-0.3, -0.25) is 14.5 Å². The van der Waals surface area contributed by atoms with Crippen LogP contribution in [0.4, 0.5) is 0 Å². The molecule has 0 saturated carbocycles. The molecule has 2 aliphatic rings. The molecule has 1 N–H and O–H groups in total. The van der Waals surface area contributed by atoms with E-state index in [1.54, 1.807) is 9.80 Å². The van der Waals surface area contributed by atoms with Crippen LogP contribution in [-0.2, 0) is 16.0 Å². The summed E-state index contributed by atoms with van der Waals surface area (Å²) in [5, 5.41) is 8.98. The van der Waals surface area contributed by atoms with E-state index in [0.717, 1.165) is 32.4 Å². The molecular formula is C20H29N3O3. The summed E-state index contributed by atoms with van der Waals surface area (Å²) in [6.07, 6.45) is 2.96. The molecule has 1 aromatic rings. The molecular weight excluding hydrogens is 330 g/mol. The molecule has 26 heavy (non-hydrogen) atoms. The van der Waals surface area contributed by atoms with Crippen molar-refractivity contribution < 1.29 is 14.7 Å². The highest BCUT2D eigenvalue weighted by Gasteiger charge is 2.31. The lowest BCUT2D eigenvalue weighted by Gasteiger charge is -2.36. The minimum absolute atomic E-state index is 0.130. The van der Waals surface area contributed by atoms with Gasteiger partial charge < -0.3 is 14.9 Å². The highest BCUT2D eigenvalue weighted by molar-refractivity contribution is 6.34. The average Bonchev–Trinajstić information content (AvgIpc) is 2.69. The first-order valence-corrected chi connectivity index (χ1v) is 9.62. The molecule has 2 heterocycles. The minimum atomic E-state index is -0.366. The van der Waals surface area contributed by atoms with Gasteiger partial charge in [-0.2, -0.15) is 0 Å². The molecule has 0 aromatic heterocycles. The molecule has 0 bridgehead atoms. The molecule has 0 radical (unpaired) electrons. The minimum Gasteiger partial charge on any atom is -0.395 e. The van der Waals surface area contributed by atoms with E-state index in [4.69, 9.17) is 5.11 Å². The van der Waals surface area contributed by atoms with Crippen LogP contribution in [0.15, 0.2) is 30.3 Å². The lowest BCUT2D eigenvalue weighted by Crippen LogP contribution is -2.54. The lowest BCUT2D eigenvalue weighted by molar-refractivity contribution is -0.153. The molecule has 0 aliphatic carbocycles. The van der Waals surface area contributed by atoms with Gasteiger partial charge in [0.2, 0.25) is 0 Å². The van der Waals surface area contributed by atoms with Gasteiger partial charge in [0, 0.05) is 45.8 Å². The number of rotatable bonds is 4. The second-order valence-electron chi connectivity index (χ2n) is 7.28. The molecule has 142 valence electrons. The molecule has 6 heteroatoms. The molecule has 2 amide bonds. The van der Waals surface area contributed by atoms with E-state index in [-0.39, 0.29) is 18.4 Å². The van der Waals surface area contributed by atoms with Gasteiger partial charge in [0.15, 0.2) is 0 Å². The second kappa shape index (κ2) is 9.14. The van der Waals surface area contributed by atoms with Gasteiger partial charge in [-0.05, 0) is 30.7 Å². The SMILES string of the molecule is O=C(C(=O)N1CCN(CCO)CC1)N1CCC(Cc2ccccc2)CC1. The van der Waals surface area contributed by atoms with E-state index < -0.39 is 0 Å². The fraction of sp³-hybridized carbons (Fsp3) is 0.600. The van der Waals surface area contributed by atoms with Gasteiger partial charge in [0.05, 0.1) is 6.61 Å². The van der Waals surface area contributed by atoms with E-state index in [1.165, 1.54) is 5.56 Å². The summed E-state index contributed by atoms with van der Waals surface area (Å²) in [5.41, 5.74) is 1.34. The quantitative estimate of drug-likeness (QED) is 0.800. The molecule has 3 rings (SSSR count). The number of hydrogen-bond acceptors (Lipinski definition) is 4. The van der Waals surface area contributed by atoms with Gasteiger partial charge in [0.25, 0.3) is 0 Å². The van der Waals surface area contributed by atoms with Crippen molar-refractivity contribution in [1.29, 1.82) is 0 Å². The summed E-state index contributed by atoms with van der Waals surface area (Å²) in [6.45, 7) is 4.68. The Bertz CT molecular complexity index is 592. The van der Waals surface area contributed by atoms with Crippen molar-refractivity contribution in [1.82, 2.24) is 14.7 Å². The first kappa shape index (κ1) is 18.9. The zero-order valence-electron chi connectivity index (χ0n) is 15.3. The lowest BCUT2D eigenvalue weighted by atomic mass is 9.90. The van der Waals surface area contributed by atoms with Gasteiger partial charge in [-0.25, -0.2) is 0 Å². The molecule has 6 nitrogen and oxygen atoms in total. The van der Waals surface area contributed by atoms with E-state index in [9.17, 15) is 9.59 Å². The molecule has 0 atom stereocenters. The smallest absolute Gasteiger partial charge is 0.312 e. The third kappa shape index (κ3) is 4.83. The predicted molar refractivity (Wildman–Crippen MR) is 99.6 cm³/mol. The number of carbonyl (C=O) groups is 2. The van der Waals surface area contributed by atoms with E-state index in [0.29, 0.717) is 38.6 Å². The normalized spacial score (nSPS) is 19.6. The summed E-state index contributed by atoms with van der Waals surface area (Å²) < 4.78 is 0. The topological polar surface area (TPSA) is 64.1 Å². The molecule has 0 spiro atoms. The van der Waals surface area contributed by atoms with Crippen LogP contribution in [0.2, 0.25) is 0 Å². The Morgan fingerprint density at radius 3 is 2.04 bits per heavy atom. The summed E-state index contributed by atoms with van der Waals surface area (Å²) in [5.74, 6) is -0.132. The van der Waals surface area contributed by atoms with Gasteiger partial charge >= 0.3 is 11.8 Å². The number of piperidine rings is 1. The van der Waals surface area contributed by atoms with Gasteiger partial charge in [0.1, 0.15) is 0 Å². The molecule has 2 aliphatic heterocycles. The number of amides is 2. The van der Waals surface area contributed by atoms with E-state index >= 15 is 0 Å². The fourth-order valence-electron chi connectivity index (χ4n) is 3.87. The zero-order chi connectivity index (χ0) is 18.4. The summed E-state index contributed by atoms with van der Waals surface area (Å²) in [4.78, 5) is 30.6. The maximum absolute atomic E-state index is 12.6. The Hall–Kier alpha value is -1.92. The second-order valence-corrected chi connectivity index (χ2v) is 7.28. The number of hydrogen-bond donors (Lipinski definition) is 1. The van der Waals surface area contributed by atoms with Crippen LogP contribution < -0.4 is 0 Å². The number of likely N-dealkylation sites (tertiary alicyclic amines) is 1. The van der Waals surface area contributed by atoms with Crippen LogP contribution >= 0.6 is 0 Å².